The number of thiazole rings is 1. The number of carbonyl (C=O) groups is 1. The molecule has 0 spiro atoms. The molecule has 1 amide bonds. The highest BCUT2D eigenvalue weighted by Gasteiger charge is 2.26. The molecule has 0 saturated carbocycles. The molecule has 0 bridgehead atoms. The highest BCUT2D eigenvalue weighted by Crippen LogP contribution is 2.24. The fourth-order valence-electron chi connectivity index (χ4n) is 2.85. The van der Waals surface area contributed by atoms with Gasteiger partial charge in [0.25, 0.3) is 5.91 Å². The first-order valence-electron chi connectivity index (χ1n) is 8.10. The fourth-order valence-corrected chi connectivity index (χ4v) is 4.36. The molecule has 2 aromatic rings. The van der Waals surface area contributed by atoms with Gasteiger partial charge in [-0.05, 0) is 45.0 Å². The van der Waals surface area contributed by atoms with Crippen LogP contribution in [0.2, 0.25) is 0 Å². The number of aryl methyl sites for hydroxylation is 1. The summed E-state index contributed by atoms with van der Waals surface area (Å²) in [6.07, 6.45) is 0.184. The quantitative estimate of drug-likeness (QED) is 0.771. The summed E-state index contributed by atoms with van der Waals surface area (Å²) in [6, 6.07) is 7.87. The molecule has 24 heavy (non-hydrogen) atoms. The summed E-state index contributed by atoms with van der Waals surface area (Å²) in [4.78, 5) is 20.2. The molecule has 0 aliphatic carbocycles. The molecule has 1 aromatic heterocycles. The number of ether oxygens (including phenoxy) is 1. The van der Waals surface area contributed by atoms with Gasteiger partial charge in [-0.15, -0.1) is 23.1 Å². The standard InChI is InChI=1S/C18H22N2O2S2/c1-12-8-20(9-13(2)22-12)18(21)15-4-6-17(7-5-15)24-11-16-10-23-14(3)19-16/h4-7,10,12-13H,8-9,11H2,1-3H3/t12-,13+. The predicted molar refractivity (Wildman–Crippen MR) is 98.8 cm³/mol. The van der Waals surface area contributed by atoms with Gasteiger partial charge in [0.2, 0.25) is 0 Å². The third-order valence-electron chi connectivity index (χ3n) is 3.86. The first kappa shape index (κ1) is 17.5. The average Bonchev–Trinajstić information content (AvgIpc) is 2.97. The van der Waals surface area contributed by atoms with E-state index >= 15 is 0 Å². The first-order valence-corrected chi connectivity index (χ1v) is 9.96. The van der Waals surface area contributed by atoms with Gasteiger partial charge in [0.15, 0.2) is 0 Å². The van der Waals surface area contributed by atoms with Crippen molar-refractivity contribution >= 4 is 29.0 Å². The molecular formula is C18H22N2O2S2. The van der Waals surface area contributed by atoms with E-state index in [0.29, 0.717) is 13.1 Å². The number of morpholine rings is 1. The lowest BCUT2D eigenvalue weighted by Gasteiger charge is -2.35. The second-order valence-corrected chi connectivity index (χ2v) is 8.25. The Balaban J connectivity index is 1.60. The molecule has 0 unspecified atom stereocenters. The second-order valence-electron chi connectivity index (χ2n) is 6.14. The number of rotatable bonds is 4. The molecule has 2 heterocycles. The molecule has 1 aromatic carbocycles. The molecule has 128 valence electrons. The van der Waals surface area contributed by atoms with Crippen LogP contribution >= 0.6 is 23.1 Å². The Bertz CT molecular complexity index is 689. The maximum absolute atomic E-state index is 12.6. The number of amides is 1. The van der Waals surface area contributed by atoms with Crippen molar-refractivity contribution in [1.29, 1.82) is 0 Å². The van der Waals surface area contributed by atoms with E-state index in [1.165, 1.54) is 0 Å². The maximum atomic E-state index is 12.6. The van der Waals surface area contributed by atoms with Gasteiger partial charge in [0.1, 0.15) is 0 Å². The van der Waals surface area contributed by atoms with Crippen LogP contribution in [0.25, 0.3) is 0 Å². The number of nitrogens with zero attached hydrogens (tertiary/aromatic N) is 2. The number of hydrogen-bond donors (Lipinski definition) is 0. The molecule has 0 N–H and O–H groups in total. The summed E-state index contributed by atoms with van der Waals surface area (Å²) in [5, 5.41) is 3.20. The minimum absolute atomic E-state index is 0.0867. The molecule has 3 rings (SSSR count). The van der Waals surface area contributed by atoms with Crippen molar-refractivity contribution in [2.75, 3.05) is 13.1 Å². The van der Waals surface area contributed by atoms with E-state index in [1.54, 1.807) is 23.1 Å². The Morgan fingerprint density at radius 3 is 2.54 bits per heavy atom. The molecule has 4 nitrogen and oxygen atoms in total. The topological polar surface area (TPSA) is 42.4 Å². The number of thioether (sulfide) groups is 1. The Hall–Kier alpha value is -1.37. The fraction of sp³-hybridized carbons (Fsp3) is 0.444. The molecule has 6 heteroatoms. The first-order chi connectivity index (χ1) is 11.5. The van der Waals surface area contributed by atoms with Gasteiger partial charge in [-0.2, -0.15) is 0 Å². The summed E-state index contributed by atoms with van der Waals surface area (Å²) in [5.41, 5.74) is 1.85. The Morgan fingerprint density at radius 1 is 1.29 bits per heavy atom. The Kier molecular flexibility index (Phi) is 5.58. The van der Waals surface area contributed by atoms with Gasteiger partial charge in [-0.3, -0.25) is 4.79 Å². The third kappa shape index (κ3) is 4.37. The second kappa shape index (κ2) is 7.68. The lowest BCUT2D eigenvalue weighted by molar-refractivity contribution is -0.0586. The van der Waals surface area contributed by atoms with Crippen molar-refractivity contribution in [3.8, 4) is 0 Å². The largest absolute Gasteiger partial charge is 0.372 e. The molecule has 2 atom stereocenters. The summed E-state index contributed by atoms with van der Waals surface area (Å²) >= 11 is 3.42. The average molecular weight is 363 g/mol. The highest BCUT2D eigenvalue weighted by molar-refractivity contribution is 7.98. The third-order valence-corrected chi connectivity index (χ3v) is 5.73. The lowest BCUT2D eigenvalue weighted by atomic mass is 10.1. The van der Waals surface area contributed by atoms with Gasteiger partial charge < -0.3 is 9.64 Å². The number of benzene rings is 1. The zero-order valence-corrected chi connectivity index (χ0v) is 15.8. The van der Waals surface area contributed by atoms with E-state index in [1.807, 2.05) is 49.9 Å². The smallest absolute Gasteiger partial charge is 0.254 e. The molecular weight excluding hydrogens is 340 g/mol. The van der Waals surface area contributed by atoms with Crippen LogP contribution in [0.1, 0.15) is 34.9 Å². The predicted octanol–water partition coefficient (Wildman–Crippen LogP) is 3.99. The van der Waals surface area contributed by atoms with Gasteiger partial charge in [-0.25, -0.2) is 4.98 Å². The zero-order chi connectivity index (χ0) is 17.1. The SMILES string of the molecule is Cc1nc(CSc2ccc(C(=O)N3C[C@@H](C)O[C@@H](C)C3)cc2)cs1. The van der Waals surface area contributed by atoms with Crippen molar-refractivity contribution in [2.45, 2.75) is 43.6 Å². The minimum Gasteiger partial charge on any atom is -0.372 e. The molecule has 1 saturated heterocycles. The van der Waals surface area contributed by atoms with Crippen LogP contribution in [0.4, 0.5) is 0 Å². The van der Waals surface area contributed by atoms with Crippen LogP contribution < -0.4 is 0 Å². The Labute approximate surface area is 151 Å². The minimum atomic E-state index is 0.0867. The van der Waals surface area contributed by atoms with Gasteiger partial charge >= 0.3 is 0 Å². The maximum Gasteiger partial charge on any atom is 0.254 e. The van der Waals surface area contributed by atoms with E-state index in [2.05, 4.69) is 10.4 Å². The molecule has 1 fully saturated rings. The van der Waals surface area contributed by atoms with Crippen molar-refractivity contribution < 1.29 is 9.53 Å². The molecule has 0 radical (unpaired) electrons. The van der Waals surface area contributed by atoms with E-state index < -0.39 is 0 Å². The number of aromatic nitrogens is 1. The van der Waals surface area contributed by atoms with Crippen molar-refractivity contribution in [1.82, 2.24) is 9.88 Å². The van der Waals surface area contributed by atoms with Gasteiger partial charge in [-0.1, -0.05) is 0 Å². The normalized spacial score (nSPS) is 21.0. The van der Waals surface area contributed by atoms with Crippen LogP contribution in [0.3, 0.4) is 0 Å². The van der Waals surface area contributed by atoms with Crippen molar-refractivity contribution in [3.63, 3.8) is 0 Å². The summed E-state index contributed by atoms with van der Waals surface area (Å²) in [5.74, 6) is 0.944. The van der Waals surface area contributed by atoms with Gasteiger partial charge in [0.05, 0.1) is 22.9 Å². The number of carbonyl (C=O) groups excluding carboxylic acids is 1. The zero-order valence-electron chi connectivity index (χ0n) is 14.2. The Morgan fingerprint density at radius 2 is 1.96 bits per heavy atom. The molecule has 1 aliphatic heterocycles. The van der Waals surface area contributed by atoms with E-state index in [-0.39, 0.29) is 18.1 Å². The summed E-state index contributed by atoms with van der Waals surface area (Å²) in [6.45, 7) is 7.35. The van der Waals surface area contributed by atoms with Gasteiger partial charge in [0, 0.05) is 34.7 Å². The van der Waals surface area contributed by atoms with Crippen LogP contribution in [0.5, 0.6) is 0 Å². The van der Waals surface area contributed by atoms with Crippen LogP contribution in [-0.4, -0.2) is 41.1 Å². The highest BCUT2D eigenvalue weighted by atomic mass is 32.2. The lowest BCUT2D eigenvalue weighted by Crippen LogP contribution is -2.48. The van der Waals surface area contributed by atoms with E-state index in [4.69, 9.17) is 4.74 Å². The van der Waals surface area contributed by atoms with Crippen molar-refractivity contribution in [3.05, 3.63) is 45.9 Å². The molecule has 1 aliphatic rings. The van der Waals surface area contributed by atoms with E-state index in [9.17, 15) is 4.79 Å². The summed E-state index contributed by atoms with van der Waals surface area (Å²) < 4.78 is 5.69. The summed E-state index contributed by atoms with van der Waals surface area (Å²) in [7, 11) is 0. The van der Waals surface area contributed by atoms with Crippen LogP contribution in [0.15, 0.2) is 34.5 Å². The number of hydrogen-bond acceptors (Lipinski definition) is 5. The van der Waals surface area contributed by atoms with Crippen LogP contribution in [0, 0.1) is 6.92 Å². The van der Waals surface area contributed by atoms with Crippen molar-refractivity contribution in [2.24, 2.45) is 0 Å². The van der Waals surface area contributed by atoms with E-state index in [0.717, 1.165) is 26.9 Å². The van der Waals surface area contributed by atoms with Crippen LogP contribution in [-0.2, 0) is 10.5 Å². The monoisotopic (exact) mass is 362 g/mol.